The predicted octanol–water partition coefficient (Wildman–Crippen LogP) is 2.23. The number of amides is 1. The first kappa shape index (κ1) is 12.9. The number of hydrogen-bond donors (Lipinski definition) is 0. The Bertz CT molecular complexity index is 442. The molecule has 0 aliphatic carbocycles. The Morgan fingerprint density at radius 1 is 1.44 bits per heavy atom. The summed E-state index contributed by atoms with van der Waals surface area (Å²) < 4.78 is 10.8. The Labute approximate surface area is 107 Å². The van der Waals surface area contributed by atoms with Gasteiger partial charge in [-0.25, -0.2) is 0 Å². The molecule has 4 nitrogen and oxygen atoms in total. The van der Waals surface area contributed by atoms with Crippen molar-refractivity contribution in [2.45, 2.75) is 25.9 Å². The largest absolute Gasteiger partial charge is 0.484 e. The molecule has 1 amide bonds. The minimum Gasteiger partial charge on any atom is -0.484 e. The van der Waals surface area contributed by atoms with Gasteiger partial charge in [0, 0.05) is 7.11 Å². The van der Waals surface area contributed by atoms with Gasteiger partial charge in [0.1, 0.15) is 11.4 Å². The molecule has 0 spiro atoms. The number of carbonyl (C=O) groups excluding carboxylic acids is 1. The van der Waals surface area contributed by atoms with E-state index in [-0.39, 0.29) is 11.5 Å². The first-order valence-corrected chi connectivity index (χ1v) is 6.11. The summed E-state index contributed by atoms with van der Waals surface area (Å²) in [5.74, 6) is 0.834. The number of benzene rings is 1. The lowest BCUT2D eigenvalue weighted by atomic mass is 10.0. The molecule has 0 radical (unpaired) electrons. The van der Waals surface area contributed by atoms with Crippen LogP contribution in [0.4, 0.5) is 5.69 Å². The van der Waals surface area contributed by atoms with Crippen LogP contribution in [-0.4, -0.2) is 31.8 Å². The number of carbonyl (C=O) groups is 1. The molecule has 1 aromatic carbocycles. The van der Waals surface area contributed by atoms with Crippen molar-refractivity contribution in [1.82, 2.24) is 0 Å². The quantitative estimate of drug-likeness (QED) is 0.824. The highest BCUT2D eigenvalue weighted by Gasteiger charge is 2.34. The minimum atomic E-state index is -0.364. The molecule has 0 atom stereocenters. The number of methoxy groups -OCH3 is 1. The summed E-state index contributed by atoms with van der Waals surface area (Å²) in [6.45, 7) is 4.98. The Morgan fingerprint density at radius 3 is 2.89 bits per heavy atom. The molecule has 98 valence electrons. The Morgan fingerprint density at radius 2 is 2.17 bits per heavy atom. The fraction of sp³-hybridized carbons (Fsp3) is 0.500. The zero-order valence-electron chi connectivity index (χ0n) is 11.1. The third-order valence-electron chi connectivity index (χ3n) is 2.90. The van der Waals surface area contributed by atoms with E-state index in [1.165, 1.54) is 0 Å². The van der Waals surface area contributed by atoms with E-state index in [4.69, 9.17) is 9.47 Å². The standard InChI is InChI=1S/C14H19NO3/c1-14(2)10-15(13(16)8-9-17-3)11-6-4-5-7-12(11)18-14/h4-7H,8-10H2,1-3H3. The van der Waals surface area contributed by atoms with Crippen LogP contribution >= 0.6 is 0 Å². The highest BCUT2D eigenvalue weighted by Crippen LogP contribution is 2.36. The molecule has 1 aromatic rings. The molecule has 0 saturated heterocycles. The summed E-state index contributed by atoms with van der Waals surface area (Å²) in [4.78, 5) is 14.0. The number of hydrogen-bond acceptors (Lipinski definition) is 3. The maximum atomic E-state index is 12.2. The van der Waals surface area contributed by atoms with Gasteiger partial charge in [-0.05, 0) is 26.0 Å². The van der Waals surface area contributed by atoms with E-state index in [0.29, 0.717) is 19.6 Å². The molecule has 0 saturated carbocycles. The summed E-state index contributed by atoms with van der Waals surface area (Å²) in [5, 5.41) is 0. The van der Waals surface area contributed by atoms with Crippen molar-refractivity contribution in [3.05, 3.63) is 24.3 Å². The molecular weight excluding hydrogens is 230 g/mol. The average molecular weight is 249 g/mol. The maximum Gasteiger partial charge on any atom is 0.229 e. The Balaban J connectivity index is 2.27. The van der Waals surface area contributed by atoms with Crippen molar-refractivity contribution in [2.75, 3.05) is 25.2 Å². The summed E-state index contributed by atoms with van der Waals surface area (Å²) in [6.07, 6.45) is 0.390. The topological polar surface area (TPSA) is 38.8 Å². The van der Waals surface area contributed by atoms with Crippen molar-refractivity contribution >= 4 is 11.6 Å². The molecule has 1 aliphatic rings. The number of rotatable bonds is 3. The highest BCUT2D eigenvalue weighted by molar-refractivity contribution is 5.95. The van der Waals surface area contributed by atoms with E-state index in [0.717, 1.165) is 11.4 Å². The van der Waals surface area contributed by atoms with Gasteiger partial charge in [0.15, 0.2) is 0 Å². The van der Waals surface area contributed by atoms with Crippen LogP contribution < -0.4 is 9.64 Å². The van der Waals surface area contributed by atoms with Crippen LogP contribution in [0.15, 0.2) is 24.3 Å². The number of nitrogens with zero attached hydrogens (tertiary/aromatic N) is 1. The molecule has 0 unspecified atom stereocenters. The van der Waals surface area contributed by atoms with Gasteiger partial charge in [0.25, 0.3) is 0 Å². The van der Waals surface area contributed by atoms with Crippen molar-refractivity contribution in [3.8, 4) is 5.75 Å². The van der Waals surface area contributed by atoms with Crippen LogP contribution in [0, 0.1) is 0 Å². The molecule has 0 bridgehead atoms. The molecule has 4 heteroatoms. The number of para-hydroxylation sites is 2. The Hall–Kier alpha value is -1.55. The van der Waals surface area contributed by atoms with Crippen LogP contribution in [0.3, 0.4) is 0 Å². The molecule has 1 aliphatic heterocycles. The molecule has 18 heavy (non-hydrogen) atoms. The SMILES string of the molecule is COCCC(=O)N1CC(C)(C)Oc2ccccc21. The van der Waals surface area contributed by atoms with Crippen molar-refractivity contribution in [1.29, 1.82) is 0 Å². The van der Waals surface area contributed by atoms with E-state index in [2.05, 4.69) is 0 Å². The normalized spacial score (nSPS) is 16.9. The van der Waals surface area contributed by atoms with Crippen LogP contribution in [0.5, 0.6) is 5.75 Å². The highest BCUT2D eigenvalue weighted by atomic mass is 16.5. The van der Waals surface area contributed by atoms with E-state index in [1.807, 2.05) is 38.1 Å². The van der Waals surface area contributed by atoms with Gasteiger partial charge in [0.2, 0.25) is 5.91 Å². The zero-order chi connectivity index (χ0) is 13.2. The van der Waals surface area contributed by atoms with Gasteiger partial charge in [-0.2, -0.15) is 0 Å². The average Bonchev–Trinajstić information content (AvgIpc) is 2.33. The zero-order valence-corrected chi connectivity index (χ0v) is 11.1. The van der Waals surface area contributed by atoms with E-state index in [1.54, 1.807) is 12.0 Å². The smallest absolute Gasteiger partial charge is 0.229 e. The van der Waals surface area contributed by atoms with Gasteiger partial charge in [0.05, 0.1) is 25.3 Å². The van der Waals surface area contributed by atoms with Gasteiger partial charge in [-0.15, -0.1) is 0 Å². The van der Waals surface area contributed by atoms with E-state index in [9.17, 15) is 4.79 Å². The molecule has 0 aromatic heterocycles. The summed E-state index contributed by atoms with van der Waals surface area (Å²) in [5.41, 5.74) is 0.481. The van der Waals surface area contributed by atoms with Crippen molar-refractivity contribution < 1.29 is 14.3 Å². The van der Waals surface area contributed by atoms with Crippen molar-refractivity contribution in [2.24, 2.45) is 0 Å². The summed E-state index contributed by atoms with van der Waals surface area (Å²) in [6, 6.07) is 7.64. The number of fused-ring (bicyclic) bond motifs is 1. The van der Waals surface area contributed by atoms with E-state index >= 15 is 0 Å². The van der Waals surface area contributed by atoms with Crippen LogP contribution in [-0.2, 0) is 9.53 Å². The lowest BCUT2D eigenvalue weighted by molar-refractivity contribution is -0.120. The Kier molecular flexibility index (Phi) is 3.57. The van der Waals surface area contributed by atoms with E-state index < -0.39 is 0 Å². The van der Waals surface area contributed by atoms with Crippen LogP contribution in [0.25, 0.3) is 0 Å². The molecule has 2 rings (SSSR count). The molecular formula is C14H19NO3. The third-order valence-corrected chi connectivity index (χ3v) is 2.90. The molecule has 0 N–H and O–H groups in total. The second kappa shape index (κ2) is 4.98. The lowest BCUT2D eigenvalue weighted by Gasteiger charge is -2.39. The van der Waals surface area contributed by atoms with Crippen molar-refractivity contribution in [3.63, 3.8) is 0 Å². The van der Waals surface area contributed by atoms with Gasteiger partial charge >= 0.3 is 0 Å². The number of anilines is 1. The predicted molar refractivity (Wildman–Crippen MR) is 70.0 cm³/mol. The minimum absolute atomic E-state index is 0.0701. The first-order chi connectivity index (χ1) is 8.53. The first-order valence-electron chi connectivity index (χ1n) is 6.11. The van der Waals surface area contributed by atoms with Gasteiger partial charge < -0.3 is 14.4 Å². The second-order valence-corrected chi connectivity index (χ2v) is 5.05. The molecule has 0 fully saturated rings. The van der Waals surface area contributed by atoms with Crippen LogP contribution in [0.2, 0.25) is 0 Å². The molecule has 1 heterocycles. The van der Waals surface area contributed by atoms with Crippen LogP contribution in [0.1, 0.15) is 20.3 Å². The van der Waals surface area contributed by atoms with Gasteiger partial charge in [-0.1, -0.05) is 12.1 Å². The summed E-state index contributed by atoms with van der Waals surface area (Å²) >= 11 is 0. The monoisotopic (exact) mass is 249 g/mol. The van der Waals surface area contributed by atoms with Gasteiger partial charge in [-0.3, -0.25) is 4.79 Å². The number of ether oxygens (including phenoxy) is 2. The maximum absolute atomic E-state index is 12.2. The summed E-state index contributed by atoms with van der Waals surface area (Å²) in [7, 11) is 1.60. The third kappa shape index (κ3) is 2.64. The second-order valence-electron chi connectivity index (χ2n) is 5.05. The fourth-order valence-corrected chi connectivity index (χ4v) is 2.11. The lowest BCUT2D eigenvalue weighted by Crippen LogP contribution is -2.49. The fourth-order valence-electron chi connectivity index (χ4n) is 2.11.